The number of hydrogen-bond donors (Lipinski definition) is 1. The van der Waals surface area contributed by atoms with Crippen LogP contribution in [0.1, 0.15) is 45.9 Å². The summed E-state index contributed by atoms with van der Waals surface area (Å²) in [6.45, 7) is 0. The SMILES string of the molecule is O=C(Nc1nc2ccccc2cc1C1C=CC2=C(CCc3c2ccc2ccccc32)C1)c1cnccn1. The van der Waals surface area contributed by atoms with Gasteiger partial charge in [-0.2, -0.15) is 0 Å². The van der Waals surface area contributed by atoms with E-state index in [1.165, 1.54) is 45.4 Å². The van der Waals surface area contributed by atoms with Crippen LogP contribution in [0.5, 0.6) is 0 Å². The molecule has 1 atom stereocenters. The largest absolute Gasteiger partial charge is 0.305 e. The van der Waals surface area contributed by atoms with Gasteiger partial charge < -0.3 is 5.32 Å². The summed E-state index contributed by atoms with van der Waals surface area (Å²) in [6, 6.07) is 23.4. The number of anilines is 1. The highest BCUT2D eigenvalue weighted by Crippen LogP contribution is 2.44. The van der Waals surface area contributed by atoms with E-state index >= 15 is 0 Å². The summed E-state index contributed by atoms with van der Waals surface area (Å²) in [7, 11) is 0. The number of benzene rings is 3. The van der Waals surface area contributed by atoms with E-state index < -0.39 is 0 Å². The first kappa shape index (κ1) is 21.6. The Bertz CT molecular complexity index is 1750. The summed E-state index contributed by atoms with van der Waals surface area (Å²) in [5.41, 5.74) is 7.74. The van der Waals surface area contributed by atoms with Gasteiger partial charge in [-0.3, -0.25) is 9.78 Å². The summed E-state index contributed by atoms with van der Waals surface area (Å²) in [6.07, 6.45) is 12.1. The van der Waals surface area contributed by atoms with Crippen molar-refractivity contribution in [2.24, 2.45) is 0 Å². The molecule has 0 bridgehead atoms. The van der Waals surface area contributed by atoms with Crippen molar-refractivity contribution >= 4 is 39.0 Å². The molecule has 5 nitrogen and oxygen atoms in total. The molecular weight excluding hydrogens is 456 g/mol. The topological polar surface area (TPSA) is 67.8 Å². The number of amides is 1. The van der Waals surface area contributed by atoms with Crippen LogP contribution < -0.4 is 5.32 Å². The molecule has 0 radical (unpaired) electrons. The van der Waals surface area contributed by atoms with Gasteiger partial charge >= 0.3 is 0 Å². The molecule has 5 aromatic rings. The Morgan fingerprint density at radius 2 is 1.78 bits per heavy atom. The van der Waals surface area contributed by atoms with Gasteiger partial charge in [0.15, 0.2) is 0 Å². The summed E-state index contributed by atoms with van der Waals surface area (Å²) in [5.74, 6) is 0.389. The van der Waals surface area contributed by atoms with E-state index in [0.29, 0.717) is 5.82 Å². The number of allylic oxidation sites excluding steroid dienone is 4. The monoisotopic (exact) mass is 480 g/mol. The average Bonchev–Trinajstić information content (AvgIpc) is 2.96. The maximum absolute atomic E-state index is 13.0. The highest BCUT2D eigenvalue weighted by atomic mass is 16.1. The third kappa shape index (κ3) is 3.80. The van der Waals surface area contributed by atoms with Crippen LogP contribution in [0.25, 0.3) is 27.2 Å². The van der Waals surface area contributed by atoms with Crippen LogP contribution in [-0.2, 0) is 6.42 Å². The lowest BCUT2D eigenvalue weighted by Crippen LogP contribution is -2.18. The number of pyridine rings is 1. The molecule has 0 saturated heterocycles. The van der Waals surface area contributed by atoms with E-state index in [1.54, 1.807) is 6.20 Å². The molecule has 2 aliphatic carbocycles. The molecule has 1 N–H and O–H groups in total. The Kier molecular flexibility index (Phi) is 5.14. The molecule has 178 valence electrons. The number of aromatic nitrogens is 3. The third-order valence-electron chi connectivity index (χ3n) is 7.53. The fourth-order valence-electron chi connectivity index (χ4n) is 5.74. The van der Waals surface area contributed by atoms with E-state index in [1.807, 2.05) is 18.2 Å². The molecule has 5 heteroatoms. The smallest absolute Gasteiger partial charge is 0.277 e. The molecule has 0 saturated carbocycles. The summed E-state index contributed by atoms with van der Waals surface area (Å²) in [5, 5.41) is 6.74. The number of carbonyl (C=O) groups excluding carboxylic acids is 1. The van der Waals surface area contributed by atoms with Crippen LogP contribution >= 0.6 is 0 Å². The van der Waals surface area contributed by atoms with E-state index in [4.69, 9.17) is 4.98 Å². The van der Waals surface area contributed by atoms with Gasteiger partial charge in [-0.25, -0.2) is 9.97 Å². The lowest BCUT2D eigenvalue weighted by Gasteiger charge is -2.29. The van der Waals surface area contributed by atoms with Crippen LogP contribution in [0, 0.1) is 0 Å². The predicted octanol–water partition coefficient (Wildman–Crippen LogP) is 6.87. The number of nitrogens with zero attached hydrogens (tertiary/aromatic N) is 3. The lowest BCUT2D eigenvalue weighted by molar-refractivity contribution is 0.102. The minimum Gasteiger partial charge on any atom is -0.305 e. The van der Waals surface area contributed by atoms with Crippen LogP contribution in [-0.4, -0.2) is 20.9 Å². The number of carbonyl (C=O) groups is 1. The molecule has 2 aromatic heterocycles. The van der Waals surface area contributed by atoms with Crippen LogP contribution in [0.15, 0.2) is 103 Å². The maximum atomic E-state index is 13.0. The Balaban J connectivity index is 1.27. The van der Waals surface area contributed by atoms with Crippen molar-refractivity contribution in [2.45, 2.75) is 25.2 Å². The van der Waals surface area contributed by atoms with E-state index in [9.17, 15) is 4.79 Å². The molecule has 0 fully saturated rings. The normalized spacial score (nSPS) is 16.5. The fourth-order valence-corrected chi connectivity index (χ4v) is 5.74. The summed E-state index contributed by atoms with van der Waals surface area (Å²) >= 11 is 0. The minimum atomic E-state index is -0.310. The summed E-state index contributed by atoms with van der Waals surface area (Å²) in [4.78, 5) is 26.0. The van der Waals surface area contributed by atoms with Crippen molar-refractivity contribution in [3.05, 3.63) is 125 Å². The van der Waals surface area contributed by atoms with Gasteiger partial charge in [0, 0.05) is 29.3 Å². The van der Waals surface area contributed by atoms with Gasteiger partial charge in [0.1, 0.15) is 11.5 Å². The number of para-hydroxylation sites is 1. The third-order valence-corrected chi connectivity index (χ3v) is 7.53. The Hall–Kier alpha value is -4.64. The molecule has 1 amide bonds. The predicted molar refractivity (Wildman–Crippen MR) is 147 cm³/mol. The quantitative estimate of drug-likeness (QED) is 0.306. The molecule has 0 spiro atoms. The van der Waals surface area contributed by atoms with Gasteiger partial charge in [-0.1, -0.05) is 72.3 Å². The molecule has 2 heterocycles. The Labute approximate surface area is 214 Å². The highest BCUT2D eigenvalue weighted by molar-refractivity contribution is 6.03. The zero-order valence-corrected chi connectivity index (χ0v) is 20.2. The molecule has 0 aliphatic heterocycles. The second-order valence-electron chi connectivity index (χ2n) is 9.66. The van der Waals surface area contributed by atoms with Crippen molar-refractivity contribution in [1.29, 1.82) is 0 Å². The fraction of sp³-hybridized carbons (Fsp3) is 0.125. The molecule has 7 rings (SSSR count). The van der Waals surface area contributed by atoms with Gasteiger partial charge in [-0.05, 0) is 58.9 Å². The van der Waals surface area contributed by atoms with Crippen LogP contribution in [0.3, 0.4) is 0 Å². The first-order valence-electron chi connectivity index (χ1n) is 12.6. The summed E-state index contributed by atoms with van der Waals surface area (Å²) < 4.78 is 0. The van der Waals surface area contributed by atoms with Gasteiger partial charge in [0.25, 0.3) is 5.91 Å². The average molecular weight is 481 g/mol. The first-order valence-corrected chi connectivity index (χ1v) is 12.6. The molecule has 3 aromatic carbocycles. The van der Waals surface area contributed by atoms with Crippen LogP contribution in [0.2, 0.25) is 0 Å². The minimum absolute atomic E-state index is 0.120. The maximum Gasteiger partial charge on any atom is 0.277 e. The first-order chi connectivity index (χ1) is 18.2. The molecule has 1 unspecified atom stereocenters. The standard InChI is InChI=1S/C32H24N4O/c37-32(30-19-33-15-16-34-30)36-31-28(18-23-6-2-4-8-29(23)35-31)22-10-12-25-21(17-22)11-14-26-24-7-3-1-5-20(24)9-13-27(25)26/h1-10,12-13,15-16,18-19,22H,11,14,17H2,(H,35,36,37). The van der Waals surface area contributed by atoms with Crippen molar-refractivity contribution in [1.82, 2.24) is 15.0 Å². The van der Waals surface area contributed by atoms with Crippen molar-refractivity contribution in [3.63, 3.8) is 0 Å². The van der Waals surface area contributed by atoms with Crippen molar-refractivity contribution in [2.75, 3.05) is 5.32 Å². The number of aryl methyl sites for hydroxylation is 1. The van der Waals surface area contributed by atoms with E-state index in [2.05, 4.69) is 76.0 Å². The zero-order chi connectivity index (χ0) is 24.8. The molecule has 37 heavy (non-hydrogen) atoms. The van der Waals surface area contributed by atoms with Gasteiger partial charge in [0.2, 0.25) is 0 Å². The van der Waals surface area contributed by atoms with Crippen molar-refractivity contribution in [3.8, 4) is 0 Å². The second kappa shape index (κ2) is 8.79. The molecular formula is C32H24N4O. The number of hydrogen-bond acceptors (Lipinski definition) is 4. The Morgan fingerprint density at radius 1 is 0.919 bits per heavy atom. The van der Waals surface area contributed by atoms with Gasteiger partial charge in [0.05, 0.1) is 11.7 Å². The number of rotatable bonds is 3. The van der Waals surface area contributed by atoms with Crippen molar-refractivity contribution < 1.29 is 4.79 Å². The second-order valence-corrected chi connectivity index (χ2v) is 9.66. The Morgan fingerprint density at radius 3 is 2.68 bits per heavy atom. The molecule has 2 aliphatic rings. The van der Waals surface area contributed by atoms with E-state index in [0.717, 1.165) is 35.7 Å². The van der Waals surface area contributed by atoms with Gasteiger partial charge in [-0.15, -0.1) is 0 Å². The number of fused-ring (bicyclic) bond motifs is 5. The number of nitrogens with one attached hydrogen (secondary N) is 1. The highest BCUT2D eigenvalue weighted by Gasteiger charge is 2.27. The lowest BCUT2D eigenvalue weighted by atomic mass is 9.75. The van der Waals surface area contributed by atoms with E-state index in [-0.39, 0.29) is 17.5 Å². The zero-order valence-electron chi connectivity index (χ0n) is 20.2. The van der Waals surface area contributed by atoms with Crippen LogP contribution in [0.4, 0.5) is 5.82 Å².